The molecule has 0 bridgehead atoms. The van der Waals surface area contributed by atoms with Gasteiger partial charge in [-0.05, 0) is 33.1 Å². The van der Waals surface area contributed by atoms with Gasteiger partial charge in [0.15, 0.2) is 0 Å². The molecule has 0 aliphatic heterocycles. The van der Waals surface area contributed by atoms with E-state index >= 15 is 0 Å². The SMILES string of the molecule is CCC(CC(C)(C)C(=O)OCCCP(=O)([O-])OP(C)(=O)[O-])S(=O)(=O)O. The molecule has 0 fully saturated rings. The molecule has 13 heteroatoms. The Balaban J connectivity index is 4.55. The molecular formula is C12H24O10P2S-2. The van der Waals surface area contributed by atoms with Gasteiger partial charge in [0.2, 0.25) is 0 Å². The molecule has 0 aromatic carbocycles. The number of hydrogen-bond donors (Lipinski definition) is 1. The van der Waals surface area contributed by atoms with Crippen LogP contribution in [0.1, 0.15) is 40.0 Å². The Labute approximate surface area is 147 Å². The largest absolute Gasteiger partial charge is 0.778 e. The quantitative estimate of drug-likeness (QED) is 0.217. The Morgan fingerprint density at radius 3 is 2.20 bits per heavy atom. The highest BCUT2D eigenvalue weighted by Gasteiger charge is 2.36. The molecule has 0 spiro atoms. The average Bonchev–Trinajstić information content (AvgIpc) is 2.36. The first kappa shape index (κ1) is 24.7. The molecular weight excluding hydrogens is 398 g/mol. The predicted octanol–water partition coefficient (Wildman–Crippen LogP) is 0.756. The Morgan fingerprint density at radius 1 is 1.28 bits per heavy atom. The average molecular weight is 422 g/mol. The second kappa shape index (κ2) is 9.08. The Morgan fingerprint density at radius 2 is 1.80 bits per heavy atom. The van der Waals surface area contributed by atoms with Crippen molar-refractivity contribution < 1.29 is 45.7 Å². The molecule has 0 aliphatic carbocycles. The first-order chi connectivity index (χ1) is 11.0. The zero-order valence-electron chi connectivity index (χ0n) is 14.5. The Hall–Kier alpha value is -0.280. The van der Waals surface area contributed by atoms with Gasteiger partial charge in [-0.2, -0.15) is 8.42 Å². The maximum Gasteiger partial charge on any atom is 0.311 e. The van der Waals surface area contributed by atoms with Crippen LogP contribution in [0.15, 0.2) is 0 Å². The van der Waals surface area contributed by atoms with Gasteiger partial charge in [0, 0.05) is 12.8 Å². The molecule has 1 N–H and O–H groups in total. The van der Waals surface area contributed by atoms with Gasteiger partial charge in [0.25, 0.3) is 10.1 Å². The van der Waals surface area contributed by atoms with Gasteiger partial charge in [0.05, 0.1) is 17.3 Å². The molecule has 0 amide bonds. The summed E-state index contributed by atoms with van der Waals surface area (Å²) in [5.74, 6) is -0.763. The van der Waals surface area contributed by atoms with E-state index in [1.54, 1.807) is 6.92 Å². The summed E-state index contributed by atoms with van der Waals surface area (Å²) >= 11 is 0. The molecule has 3 atom stereocenters. The highest BCUT2D eigenvalue weighted by Crippen LogP contribution is 2.52. The number of ether oxygens (including phenoxy) is 1. The predicted molar refractivity (Wildman–Crippen MR) is 86.7 cm³/mol. The highest BCUT2D eigenvalue weighted by atomic mass is 32.2. The van der Waals surface area contributed by atoms with Crippen molar-refractivity contribution in [1.82, 2.24) is 0 Å². The van der Waals surface area contributed by atoms with E-state index in [1.165, 1.54) is 13.8 Å². The maximum absolute atomic E-state index is 12.0. The van der Waals surface area contributed by atoms with Crippen LogP contribution in [0, 0.1) is 5.41 Å². The lowest BCUT2D eigenvalue weighted by molar-refractivity contribution is -0.212. The molecule has 0 saturated heterocycles. The summed E-state index contributed by atoms with van der Waals surface area (Å²) in [6, 6.07) is 0. The van der Waals surface area contributed by atoms with Crippen LogP contribution in [-0.2, 0) is 33.1 Å². The lowest BCUT2D eigenvalue weighted by Gasteiger charge is -2.30. The van der Waals surface area contributed by atoms with E-state index in [2.05, 4.69) is 4.31 Å². The Bertz CT molecular complexity index is 651. The molecule has 0 aromatic heterocycles. The summed E-state index contributed by atoms with van der Waals surface area (Å²) in [7, 11) is -13.3. The van der Waals surface area contributed by atoms with Crippen LogP contribution in [0.4, 0.5) is 0 Å². The summed E-state index contributed by atoms with van der Waals surface area (Å²) in [6.07, 6.45) is -0.875. The second-order valence-electron chi connectivity index (χ2n) is 6.31. The van der Waals surface area contributed by atoms with Crippen molar-refractivity contribution in [2.75, 3.05) is 19.4 Å². The van der Waals surface area contributed by atoms with E-state index in [1.807, 2.05) is 0 Å². The molecule has 0 aliphatic rings. The third-order valence-corrected chi connectivity index (χ3v) is 7.64. The summed E-state index contributed by atoms with van der Waals surface area (Å²) in [6.45, 7) is 4.74. The third kappa shape index (κ3) is 10.5. The van der Waals surface area contributed by atoms with E-state index in [0.29, 0.717) is 6.66 Å². The van der Waals surface area contributed by atoms with Crippen molar-refractivity contribution in [3.8, 4) is 0 Å². The van der Waals surface area contributed by atoms with E-state index in [4.69, 9.17) is 9.29 Å². The van der Waals surface area contributed by atoms with Crippen molar-refractivity contribution in [1.29, 1.82) is 0 Å². The topological polar surface area (TPSA) is 170 Å². The van der Waals surface area contributed by atoms with Crippen molar-refractivity contribution in [3.05, 3.63) is 0 Å². The van der Waals surface area contributed by atoms with Crippen molar-refractivity contribution >= 4 is 31.3 Å². The zero-order valence-corrected chi connectivity index (χ0v) is 17.1. The summed E-state index contributed by atoms with van der Waals surface area (Å²) in [4.78, 5) is 34.2. The number of carbonyl (C=O) groups excluding carboxylic acids is 1. The van der Waals surface area contributed by atoms with Crippen LogP contribution < -0.4 is 9.79 Å². The van der Waals surface area contributed by atoms with E-state index < -0.39 is 48.1 Å². The van der Waals surface area contributed by atoms with Gasteiger partial charge in [-0.15, -0.1) is 0 Å². The summed E-state index contributed by atoms with van der Waals surface area (Å²) in [5.41, 5.74) is -1.22. The Kier molecular flexibility index (Phi) is 8.98. The fourth-order valence-corrected chi connectivity index (χ4v) is 5.70. The van der Waals surface area contributed by atoms with Gasteiger partial charge in [-0.1, -0.05) is 6.92 Å². The first-order valence-electron chi connectivity index (χ1n) is 7.43. The summed E-state index contributed by atoms with van der Waals surface area (Å²) < 4.78 is 62.6. The van der Waals surface area contributed by atoms with Crippen molar-refractivity contribution in [3.63, 3.8) is 0 Å². The van der Waals surface area contributed by atoms with E-state index in [-0.39, 0.29) is 25.9 Å². The van der Waals surface area contributed by atoms with E-state index in [9.17, 15) is 32.1 Å². The van der Waals surface area contributed by atoms with Crippen LogP contribution in [0.25, 0.3) is 0 Å². The van der Waals surface area contributed by atoms with Gasteiger partial charge < -0.3 is 23.7 Å². The molecule has 150 valence electrons. The number of rotatable bonds is 11. The van der Waals surface area contributed by atoms with E-state index in [0.717, 1.165) is 0 Å². The minimum Gasteiger partial charge on any atom is -0.778 e. The fourth-order valence-electron chi connectivity index (χ4n) is 2.00. The lowest BCUT2D eigenvalue weighted by atomic mass is 9.87. The fraction of sp³-hybridized carbons (Fsp3) is 0.917. The van der Waals surface area contributed by atoms with Gasteiger partial charge in [0.1, 0.15) is 15.2 Å². The van der Waals surface area contributed by atoms with Crippen LogP contribution >= 0.6 is 15.2 Å². The molecule has 10 nitrogen and oxygen atoms in total. The lowest BCUT2D eigenvalue weighted by Crippen LogP contribution is -2.34. The van der Waals surface area contributed by atoms with Crippen LogP contribution in [0.3, 0.4) is 0 Å². The van der Waals surface area contributed by atoms with Crippen LogP contribution in [0.5, 0.6) is 0 Å². The molecule has 0 radical (unpaired) electrons. The minimum absolute atomic E-state index is 0.110. The molecule has 25 heavy (non-hydrogen) atoms. The van der Waals surface area contributed by atoms with Gasteiger partial charge in [-0.3, -0.25) is 13.7 Å². The molecule has 3 unspecified atom stereocenters. The van der Waals surface area contributed by atoms with Crippen molar-refractivity contribution in [2.24, 2.45) is 5.41 Å². The monoisotopic (exact) mass is 422 g/mol. The maximum atomic E-state index is 12.0. The molecule has 0 rings (SSSR count). The number of esters is 1. The number of hydrogen-bond acceptors (Lipinski definition) is 9. The van der Waals surface area contributed by atoms with Gasteiger partial charge >= 0.3 is 5.97 Å². The van der Waals surface area contributed by atoms with Crippen molar-refractivity contribution in [2.45, 2.75) is 45.3 Å². The van der Waals surface area contributed by atoms with Crippen LogP contribution in [-0.4, -0.2) is 43.6 Å². The standard InChI is InChI=1S/C12H26O10P2S/c1-5-10(25(18,19)20)9-12(2,3)11(13)21-7-6-8-24(16,17)22-23(4,14)15/h10H,5-9H2,1-4H3,(H,14,15)(H,16,17)(H,18,19,20)/p-2. The molecule has 0 aromatic rings. The van der Waals surface area contributed by atoms with Crippen LogP contribution in [0.2, 0.25) is 0 Å². The zero-order chi connectivity index (χ0) is 20.1. The smallest absolute Gasteiger partial charge is 0.311 e. The molecule has 0 heterocycles. The number of carbonyl (C=O) groups is 1. The van der Waals surface area contributed by atoms with Gasteiger partial charge in [-0.25, -0.2) is 0 Å². The normalized spacial score (nSPS) is 18.8. The molecule has 0 saturated carbocycles. The third-order valence-electron chi connectivity index (χ3n) is 3.25. The first-order valence-corrected chi connectivity index (χ1v) is 12.7. The highest BCUT2D eigenvalue weighted by molar-refractivity contribution is 7.86. The minimum atomic E-state index is -4.59. The summed E-state index contributed by atoms with van der Waals surface area (Å²) in [5, 5.41) is -1.12. The second-order valence-corrected chi connectivity index (χ2v) is 11.9.